The maximum atomic E-state index is 10.7. The van der Waals surface area contributed by atoms with Crippen molar-refractivity contribution < 1.29 is 39.8 Å². The molecule has 1 fully saturated rings. The van der Waals surface area contributed by atoms with Crippen LogP contribution in [0.1, 0.15) is 129 Å². The molecule has 0 spiro atoms. The van der Waals surface area contributed by atoms with Gasteiger partial charge in [-0.1, -0.05) is 103 Å². The van der Waals surface area contributed by atoms with Crippen molar-refractivity contribution in [3.05, 3.63) is 0 Å². The van der Waals surface area contributed by atoms with E-state index in [1.165, 1.54) is 64.2 Å². The molecule has 8 heteroatoms. The van der Waals surface area contributed by atoms with Crippen LogP contribution in [-0.4, -0.2) is 74.9 Å². The summed E-state index contributed by atoms with van der Waals surface area (Å²) < 4.78 is 11.6. The van der Waals surface area contributed by atoms with Crippen LogP contribution < -0.4 is 0 Å². The van der Waals surface area contributed by atoms with Gasteiger partial charge in [-0.05, 0) is 19.3 Å². The standard InChI is InChI=1S/C28H54O8/c1-2-3-4-5-6-7-8-9-10-11-12-15-18-22(19-16-13-14-17-20-24(30)31)35-28-27(34)26(33)25(32)23(21-29)36-28/h22-23,25-29,32-34H,2-21H2,1H3,(H,30,31). The van der Waals surface area contributed by atoms with Crippen LogP contribution in [-0.2, 0) is 14.3 Å². The Hall–Kier alpha value is -0.770. The third kappa shape index (κ3) is 14.8. The summed E-state index contributed by atoms with van der Waals surface area (Å²) in [6.45, 7) is 1.77. The molecule has 0 aromatic rings. The number of rotatable bonds is 23. The van der Waals surface area contributed by atoms with Gasteiger partial charge in [0.05, 0.1) is 12.7 Å². The van der Waals surface area contributed by atoms with Gasteiger partial charge in [0.1, 0.15) is 24.4 Å². The van der Waals surface area contributed by atoms with Crippen molar-refractivity contribution in [3.8, 4) is 0 Å². The average molecular weight is 519 g/mol. The second kappa shape index (κ2) is 21.2. The minimum atomic E-state index is -1.44. The van der Waals surface area contributed by atoms with E-state index in [1.54, 1.807) is 0 Å². The minimum absolute atomic E-state index is 0.172. The van der Waals surface area contributed by atoms with Crippen LogP contribution in [0.4, 0.5) is 0 Å². The lowest BCUT2D eigenvalue weighted by Crippen LogP contribution is -2.59. The number of unbranched alkanes of at least 4 members (excludes halogenated alkanes) is 14. The van der Waals surface area contributed by atoms with Gasteiger partial charge in [-0.2, -0.15) is 0 Å². The predicted molar refractivity (Wildman–Crippen MR) is 140 cm³/mol. The van der Waals surface area contributed by atoms with Crippen molar-refractivity contribution in [3.63, 3.8) is 0 Å². The molecule has 0 bridgehead atoms. The number of carboxylic acids is 1. The van der Waals surface area contributed by atoms with Gasteiger partial charge < -0.3 is 35.0 Å². The zero-order chi connectivity index (χ0) is 26.6. The topological polar surface area (TPSA) is 137 Å². The van der Waals surface area contributed by atoms with E-state index in [-0.39, 0.29) is 12.5 Å². The van der Waals surface area contributed by atoms with E-state index in [0.29, 0.717) is 6.42 Å². The number of ether oxygens (including phenoxy) is 2. The summed E-state index contributed by atoms with van der Waals surface area (Å²) in [5.74, 6) is -0.772. The first kappa shape index (κ1) is 33.3. The van der Waals surface area contributed by atoms with Gasteiger partial charge >= 0.3 is 5.97 Å². The van der Waals surface area contributed by atoms with Gasteiger partial charge in [0.15, 0.2) is 6.29 Å². The molecule has 1 rings (SSSR count). The lowest BCUT2D eigenvalue weighted by molar-refractivity contribution is -0.312. The Morgan fingerprint density at radius 2 is 1.19 bits per heavy atom. The Bertz CT molecular complexity index is 530. The summed E-state index contributed by atoms with van der Waals surface area (Å²) >= 11 is 0. The van der Waals surface area contributed by atoms with E-state index in [9.17, 15) is 25.2 Å². The molecule has 0 amide bonds. The molecular formula is C28H54O8. The van der Waals surface area contributed by atoms with Gasteiger partial charge in [0, 0.05) is 6.42 Å². The normalized spacial score (nSPS) is 25.2. The first-order valence-corrected chi connectivity index (χ1v) is 14.6. The van der Waals surface area contributed by atoms with Gasteiger partial charge in [-0.3, -0.25) is 4.79 Å². The van der Waals surface area contributed by atoms with Gasteiger partial charge in [0.2, 0.25) is 0 Å². The molecule has 0 aliphatic carbocycles. The third-order valence-electron chi connectivity index (χ3n) is 7.22. The maximum Gasteiger partial charge on any atom is 0.303 e. The van der Waals surface area contributed by atoms with E-state index in [0.717, 1.165) is 44.9 Å². The summed E-state index contributed by atoms with van der Waals surface area (Å²) in [4.78, 5) is 10.7. The smallest absolute Gasteiger partial charge is 0.303 e. The number of hydrogen-bond donors (Lipinski definition) is 5. The van der Waals surface area contributed by atoms with Crippen molar-refractivity contribution >= 4 is 5.97 Å². The lowest BCUT2D eigenvalue weighted by Gasteiger charge is -2.41. The fourth-order valence-corrected chi connectivity index (χ4v) is 4.86. The zero-order valence-electron chi connectivity index (χ0n) is 22.6. The van der Waals surface area contributed by atoms with Crippen LogP contribution in [0.5, 0.6) is 0 Å². The van der Waals surface area contributed by atoms with Crippen LogP contribution in [0.3, 0.4) is 0 Å². The third-order valence-corrected chi connectivity index (χ3v) is 7.22. The largest absolute Gasteiger partial charge is 0.481 e. The first-order valence-electron chi connectivity index (χ1n) is 14.6. The molecule has 1 aliphatic rings. The molecule has 0 saturated carbocycles. The van der Waals surface area contributed by atoms with Gasteiger partial charge in [-0.15, -0.1) is 0 Å². The van der Waals surface area contributed by atoms with Gasteiger partial charge in [0.25, 0.3) is 0 Å². The summed E-state index contributed by atoms with van der Waals surface area (Å²) in [6, 6.07) is 0. The summed E-state index contributed by atoms with van der Waals surface area (Å²) in [6.07, 6.45) is 13.8. The highest BCUT2D eigenvalue weighted by atomic mass is 16.7. The summed E-state index contributed by atoms with van der Waals surface area (Å²) in [7, 11) is 0. The molecule has 6 unspecified atom stereocenters. The first-order chi connectivity index (χ1) is 17.4. The highest BCUT2D eigenvalue weighted by Crippen LogP contribution is 2.26. The van der Waals surface area contributed by atoms with Crippen molar-refractivity contribution in [2.75, 3.05) is 6.61 Å². The summed E-state index contributed by atoms with van der Waals surface area (Å²) in [5.41, 5.74) is 0. The Morgan fingerprint density at radius 3 is 1.67 bits per heavy atom. The van der Waals surface area contributed by atoms with Crippen molar-refractivity contribution in [1.82, 2.24) is 0 Å². The Kier molecular flexibility index (Phi) is 19.6. The second-order valence-electron chi connectivity index (χ2n) is 10.5. The number of aliphatic hydroxyl groups is 4. The predicted octanol–water partition coefficient (Wildman–Crippen LogP) is 4.69. The minimum Gasteiger partial charge on any atom is -0.481 e. The molecule has 1 saturated heterocycles. The molecular weight excluding hydrogens is 464 g/mol. The fourth-order valence-electron chi connectivity index (χ4n) is 4.86. The van der Waals surface area contributed by atoms with Crippen molar-refractivity contribution in [2.24, 2.45) is 0 Å². The van der Waals surface area contributed by atoms with E-state index in [2.05, 4.69) is 6.92 Å². The molecule has 0 aromatic heterocycles. The van der Waals surface area contributed by atoms with Crippen molar-refractivity contribution in [1.29, 1.82) is 0 Å². The molecule has 0 aromatic carbocycles. The van der Waals surface area contributed by atoms with Crippen molar-refractivity contribution in [2.45, 2.75) is 166 Å². The van der Waals surface area contributed by atoms with Crippen LogP contribution in [0.2, 0.25) is 0 Å². The average Bonchev–Trinajstić information content (AvgIpc) is 2.86. The lowest BCUT2D eigenvalue weighted by atomic mass is 9.98. The maximum absolute atomic E-state index is 10.7. The molecule has 0 radical (unpaired) electrons. The number of hydrogen-bond acceptors (Lipinski definition) is 7. The van der Waals surface area contributed by atoms with Crippen LogP contribution >= 0.6 is 0 Å². The molecule has 5 N–H and O–H groups in total. The molecule has 36 heavy (non-hydrogen) atoms. The molecule has 8 nitrogen and oxygen atoms in total. The summed E-state index contributed by atoms with van der Waals surface area (Å²) in [5, 5.41) is 48.6. The quantitative estimate of drug-likeness (QED) is 0.123. The SMILES string of the molecule is CCCCCCCCCCCCCCC(CCCCCCC(=O)O)OC1OC(CO)C(O)C(O)C1O. The highest BCUT2D eigenvalue weighted by molar-refractivity contribution is 5.66. The number of carboxylic acid groups (broad SMARTS) is 1. The number of carbonyl (C=O) groups is 1. The second-order valence-corrected chi connectivity index (χ2v) is 10.5. The molecule has 1 heterocycles. The van der Waals surface area contributed by atoms with Crippen LogP contribution in [0, 0.1) is 0 Å². The number of aliphatic carboxylic acids is 1. The van der Waals surface area contributed by atoms with E-state index in [4.69, 9.17) is 14.6 Å². The Labute approximate surface area is 218 Å². The monoisotopic (exact) mass is 518 g/mol. The fraction of sp³-hybridized carbons (Fsp3) is 0.964. The zero-order valence-corrected chi connectivity index (χ0v) is 22.6. The van der Waals surface area contributed by atoms with Gasteiger partial charge in [-0.25, -0.2) is 0 Å². The van der Waals surface area contributed by atoms with Crippen LogP contribution in [0.15, 0.2) is 0 Å². The Morgan fingerprint density at radius 1 is 0.722 bits per heavy atom. The van der Waals surface area contributed by atoms with Crippen LogP contribution in [0.25, 0.3) is 0 Å². The highest BCUT2D eigenvalue weighted by Gasteiger charge is 2.44. The Balaban J connectivity index is 2.35. The van der Waals surface area contributed by atoms with E-state index in [1.807, 2.05) is 0 Å². The van der Waals surface area contributed by atoms with E-state index < -0.39 is 43.3 Å². The molecule has 214 valence electrons. The molecule has 1 aliphatic heterocycles. The molecule has 6 atom stereocenters. The van der Waals surface area contributed by atoms with E-state index >= 15 is 0 Å². The number of aliphatic hydroxyl groups excluding tert-OH is 4.